The summed E-state index contributed by atoms with van der Waals surface area (Å²) in [5.41, 5.74) is 1.57. The van der Waals surface area contributed by atoms with Crippen LogP contribution in [0.3, 0.4) is 0 Å². The fourth-order valence-electron chi connectivity index (χ4n) is 4.66. The summed E-state index contributed by atoms with van der Waals surface area (Å²) in [6.45, 7) is 4.42. The minimum Gasteiger partial charge on any atom is -0.340 e. The molecule has 0 radical (unpaired) electrons. The van der Waals surface area contributed by atoms with Gasteiger partial charge in [-0.05, 0) is 48.2 Å². The molecule has 1 heterocycles. The molecule has 1 fully saturated rings. The van der Waals surface area contributed by atoms with Gasteiger partial charge in [-0.3, -0.25) is 14.5 Å². The van der Waals surface area contributed by atoms with Gasteiger partial charge in [-0.25, -0.2) is 8.78 Å². The Balaban J connectivity index is 1.49. The van der Waals surface area contributed by atoms with Gasteiger partial charge < -0.3 is 4.90 Å². The van der Waals surface area contributed by atoms with Crippen molar-refractivity contribution in [3.8, 4) is 0 Å². The number of nitrogens with zero attached hydrogens (tertiary/aromatic N) is 2. The van der Waals surface area contributed by atoms with E-state index < -0.39 is 0 Å². The van der Waals surface area contributed by atoms with Crippen molar-refractivity contribution in [3.05, 3.63) is 71.3 Å². The van der Waals surface area contributed by atoms with Crippen molar-refractivity contribution in [3.63, 3.8) is 0 Å². The van der Waals surface area contributed by atoms with Crippen molar-refractivity contribution in [1.29, 1.82) is 0 Å². The van der Waals surface area contributed by atoms with Crippen LogP contribution in [-0.4, -0.2) is 47.7 Å². The normalized spacial score (nSPS) is 14.5. The Morgan fingerprint density at radius 2 is 1.32 bits per heavy atom. The lowest BCUT2D eigenvalue weighted by atomic mass is 9.96. The first-order valence-electron chi connectivity index (χ1n) is 12.5. The third kappa shape index (κ3) is 7.73. The zero-order chi connectivity index (χ0) is 24.3. The van der Waals surface area contributed by atoms with Gasteiger partial charge in [0.1, 0.15) is 17.4 Å². The Kier molecular flexibility index (Phi) is 10.2. The predicted octanol–water partition coefficient (Wildman–Crippen LogP) is 5.91. The molecule has 184 valence electrons. The van der Waals surface area contributed by atoms with Gasteiger partial charge in [0, 0.05) is 45.4 Å². The summed E-state index contributed by atoms with van der Waals surface area (Å²) in [5, 5.41) is 0. The molecule has 34 heavy (non-hydrogen) atoms. The third-order valence-electron chi connectivity index (χ3n) is 6.60. The van der Waals surface area contributed by atoms with Gasteiger partial charge in [-0.15, -0.1) is 0 Å². The number of benzene rings is 2. The second kappa shape index (κ2) is 13.3. The van der Waals surface area contributed by atoms with Crippen molar-refractivity contribution in [2.45, 2.75) is 64.3 Å². The maximum absolute atomic E-state index is 14.0. The molecule has 0 atom stereocenters. The lowest BCUT2D eigenvalue weighted by molar-refractivity contribution is -0.133. The number of hydrogen-bond donors (Lipinski definition) is 0. The van der Waals surface area contributed by atoms with Crippen LogP contribution in [0.15, 0.2) is 48.5 Å². The highest BCUT2D eigenvalue weighted by molar-refractivity contribution is 5.77. The molecule has 1 aliphatic rings. The van der Waals surface area contributed by atoms with E-state index in [1.165, 1.54) is 24.3 Å². The van der Waals surface area contributed by atoms with E-state index in [1.807, 2.05) is 24.0 Å². The topological polar surface area (TPSA) is 40.6 Å². The molecule has 1 saturated heterocycles. The van der Waals surface area contributed by atoms with Gasteiger partial charge in [0.15, 0.2) is 0 Å². The van der Waals surface area contributed by atoms with Crippen molar-refractivity contribution in [2.24, 2.45) is 0 Å². The maximum atomic E-state index is 14.0. The average Bonchev–Trinajstić information content (AvgIpc) is 2.84. The Morgan fingerprint density at radius 1 is 0.794 bits per heavy atom. The molecule has 2 aromatic carbocycles. The zero-order valence-corrected chi connectivity index (χ0v) is 20.1. The van der Waals surface area contributed by atoms with E-state index in [0.717, 1.165) is 43.2 Å². The Morgan fingerprint density at radius 3 is 1.85 bits per heavy atom. The number of ketones is 1. The summed E-state index contributed by atoms with van der Waals surface area (Å²) in [5.74, 6) is -0.130. The molecule has 1 aliphatic heterocycles. The van der Waals surface area contributed by atoms with Gasteiger partial charge in [0.2, 0.25) is 5.91 Å². The summed E-state index contributed by atoms with van der Waals surface area (Å²) < 4.78 is 27.9. The number of hydrogen-bond acceptors (Lipinski definition) is 3. The molecule has 0 bridgehead atoms. The highest BCUT2D eigenvalue weighted by atomic mass is 19.1. The van der Waals surface area contributed by atoms with E-state index in [9.17, 15) is 18.4 Å². The standard InChI is InChI=1S/C28H36F2N2O2/c1-2-26(33)14-6-4-3-5-7-15-27(34)31-16-18-32(19-17-31)28(22-10-8-12-24(29)20-22)23-11-9-13-25(30)21-23/h8-13,20-21,28H,2-7,14-19H2,1H3. The highest BCUT2D eigenvalue weighted by Crippen LogP contribution is 2.30. The van der Waals surface area contributed by atoms with Gasteiger partial charge >= 0.3 is 0 Å². The minimum atomic E-state index is -0.315. The predicted molar refractivity (Wildman–Crippen MR) is 130 cm³/mol. The lowest BCUT2D eigenvalue weighted by Crippen LogP contribution is -2.49. The Bertz CT molecular complexity index is 896. The molecule has 0 spiro atoms. The van der Waals surface area contributed by atoms with Crippen LogP contribution in [0.25, 0.3) is 0 Å². The molecule has 4 nitrogen and oxygen atoms in total. The first-order chi connectivity index (χ1) is 16.5. The molecule has 6 heteroatoms. The number of piperazine rings is 1. The van der Waals surface area contributed by atoms with Gasteiger partial charge in [0.05, 0.1) is 6.04 Å². The minimum absolute atomic E-state index is 0.175. The molecule has 0 N–H and O–H groups in total. The molecule has 0 unspecified atom stereocenters. The van der Waals surface area contributed by atoms with Crippen molar-refractivity contribution in [2.75, 3.05) is 26.2 Å². The zero-order valence-electron chi connectivity index (χ0n) is 20.1. The van der Waals surface area contributed by atoms with Crippen LogP contribution in [0.1, 0.15) is 75.5 Å². The number of carbonyl (C=O) groups is 2. The summed E-state index contributed by atoms with van der Waals surface area (Å²) in [6.07, 6.45) is 6.76. The lowest BCUT2D eigenvalue weighted by Gasteiger charge is -2.40. The first kappa shape index (κ1) is 26.0. The molecule has 3 rings (SSSR count). The van der Waals surface area contributed by atoms with Crippen LogP contribution < -0.4 is 0 Å². The summed E-state index contributed by atoms with van der Waals surface area (Å²) in [4.78, 5) is 28.1. The van der Waals surface area contributed by atoms with E-state index in [4.69, 9.17) is 0 Å². The van der Waals surface area contributed by atoms with Crippen LogP contribution in [0.5, 0.6) is 0 Å². The van der Waals surface area contributed by atoms with E-state index in [-0.39, 0.29) is 23.6 Å². The van der Waals surface area contributed by atoms with Crippen LogP contribution in [0.4, 0.5) is 8.78 Å². The number of carbonyl (C=O) groups excluding carboxylic acids is 2. The van der Waals surface area contributed by atoms with Gasteiger partial charge in [0.25, 0.3) is 0 Å². The number of unbranched alkanes of at least 4 members (excludes halogenated alkanes) is 4. The number of Topliss-reactive ketones (excluding diaryl/α,β-unsaturated/α-hetero) is 1. The first-order valence-corrected chi connectivity index (χ1v) is 12.5. The number of amides is 1. The third-order valence-corrected chi connectivity index (χ3v) is 6.60. The Hall–Kier alpha value is -2.60. The molecular weight excluding hydrogens is 434 g/mol. The second-order valence-corrected chi connectivity index (χ2v) is 9.09. The van der Waals surface area contributed by atoms with Crippen LogP contribution in [0, 0.1) is 11.6 Å². The smallest absolute Gasteiger partial charge is 0.222 e. The molecule has 2 aromatic rings. The largest absolute Gasteiger partial charge is 0.340 e. The maximum Gasteiger partial charge on any atom is 0.222 e. The molecule has 0 aliphatic carbocycles. The summed E-state index contributed by atoms with van der Waals surface area (Å²) in [7, 11) is 0. The van der Waals surface area contributed by atoms with Gasteiger partial charge in [-0.1, -0.05) is 50.5 Å². The summed E-state index contributed by atoms with van der Waals surface area (Å²) >= 11 is 0. The highest BCUT2D eigenvalue weighted by Gasteiger charge is 2.28. The van der Waals surface area contributed by atoms with Crippen molar-refractivity contribution >= 4 is 11.7 Å². The van der Waals surface area contributed by atoms with E-state index >= 15 is 0 Å². The van der Waals surface area contributed by atoms with E-state index in [1.54, 1.807) is 12.1 Å². The van der Waals surface area contributed by atoms with E-state index in [2.05, 4.69) is 4.90 Å². The quantitative estimate of drug-likeness (QED) is 0.362. The molecule has 1 amide bonds. The second-order valence-electron chi connectivity index (χ2n) is 9.09. The van der Waals surface area contributed by atoms with Crippen LogP contribution in [0.2, 0.25) is 0 Å². The average molecular weight is 471 g/mol. The molecular formula is C28H36F2N2O2. The SMILES string of the molecule is CCC(=O)CCCCCCCC(=O)N1CCN(C(c2cccc(F)c2)c2cccc(F)c2)CC1. The van der Waals surface area contributed by atoms with Crippen molar-refractivity contribution in [1.82, 2.24) is 9.80 Å². The number of halogens is 2. The summed E-state index contributed by atoms with van der Waals surface area (Å²) in [6, 6.07) is 12.7. The Labute approximate surface area is 201 Å². The van der Waals surface area contributed by atoms with Crippen LogP contribution in [-0.2, 0) is 9.59 Å². The fourth-order valence-corrected chi connectivity index (χ4v) is 4.66. The van der Waals surface area contributed by atoms with Gasteiger partial charge in [-0.2, -0.15) is 0 Å². The fraction of sp³-hybridized carbons (Fsp3) is 0.500. The van der Waals surface area contributed by atoms with Crippen molar-refractivity contribution < 1.29 is 18.4 Å². The monoisotopic (exact) mass is 470 g/mol. The molecule has 0 aromatic heterocycles. The van der Waals surface area contributed by atoms with E-state index in [0.29, 0.717) is 51.2 Å². The number of rotatable bonds is 12. The van der Waals surface area contributed by atoms with Crippen LogP contribution >= 0.6 is 0 Å². The molecule has 0 saturated carbocycles.